The van der Waals surface area contributed by atoms with Gasteiger partial charge in [0.25, 0.3) is 5.56 Å². The van der Waals surface area contributed by atoms with Gasteiger partial charge in [-0.25, -0.2) is 9.78 Å². The first-order chi connectivity index (χ1) is 14.5. The number of carbonyl (C=O) groups is 1. The Morgan fingerprint density at radius 1 is 1.23 bits per heavy atom. The van der Waals surface area contributed by atoms with Crippen molar-refractivity contribution in [3.8, 4) is 17.1 Å². The zero-order valence-electron chi connectivity index (χ0n) is 17.5. The number of cyclic esters (lactones) is 1. The molecular formula is C23H24N2O5. The molecule has 7 heteroatoms. The van der Waals surface area contributed by atoms with Crippen LogP contribution < -0.4 is 10.3 Å². The number of ether oxygens (including phenoxy) is 2. The molecule has 7 nitrogen and oxygen atoms in total. The molecule has 156 valence electrons. The Morgan fingerprint density at radius 2 is 2.00 bits per heavy atom. The minimum atomic E-state index is -1.44. The molecule has 0 saturated heterocycles. The van der Waals surface area contributed by atoms with Gasteiger partial charge in [-0.2, -0.15) is 0 Å². The number of aliphatic hydroxyl groups excluding tert-OH is 1. The highest BCUT2D eigenvalue weighted by atomic mass is 16.5. The maximum Gasteiger partial charge on any atom is 0.340 e. The number of pyridine rings is 2. The van der Waals surface area contributed by atoms with Crippen LogP contribution in [0.4, 0.5) is 0 Å². The van der Waals surface area contributed by atoms with E-state index in [-0.39, 0.29) is 12.2 Å². The summed E-state index contributed by atoms with van der Waals surface area (Å²) in [5, 5.41) is 11.2. The highest BCUT2D eigenvalue weighted by Gasteiger charge is 2.34. The standard InChI is InChI=1S/C21H18N2O5.C2H6/c1-3-11-12-6-10(27-2)4-5-16(12)22-18-14(11)8-23-17(18)7-13-15(20(23)25)9-28-21(26)19(13)24;1-2/h4-7,19,24H,3,8-9H2,1-2H3;1-2H3. The van der Waals surface area contributed by atoms with E-state index in [2.05, 4.69) is 6.92 Å². The third-order valence-corrected chi connectivity index (χ3v) is 5.64. The lowest BCUT2D eigenvalue weighted by Gasteiger charge is -2.21. The molecular weight excluding hydrogens is 384 g/mol. The van der Waals surface area contributed by atoms with Crippen LogP contribution in [0.25, 0.3) is 22.3 Å². The molecule has 1 atom stereocenters. The molecule has 0 radical (unpaired) electrons. The number of aromatic nitrogens is 2. The largest absolute Gasteiger partial charge is 0.497 e. The van der Waals surface area contributed by atoms with E-state index in [1.165, 1.54) is 0 Å². The lowest BCUT2D eigenvalue weighted by Crippen LogP contribution is -2.32. The van der Waals surface area contributed by atoms with E-state index in [1.54, 1.807) is 17.7 Å². The summed E-state index contributed by atoms with van der Waals surface area (Å²) in [4.78, 5) is 29.6. The molecule has 0 aliphatic carbocycles. The maximum atomic E-state index is 13.0. The highest BCUT2D eigenvalue weighted by molar-refractivity contribution is 5.89. The number of aliphatic hydroxyl groups is 1. The van der Waals surface area contributed by atoms with E-state index in [0.29, 0.717) is 23.4 Å². The van der Waals surface area contributed by atoms with Crippen molar-refractivity contribution in [3.05, 3.63) is 56.9 Å². The monoisotopic (exact) mass is 408 g/mol. The molecule has 30 heavy (non-hydrogen) atoms. The van der Waals surface area contributed by atoms with Crippen molar-refractivity contribution >= 4 is 16.9 Å². The fourth-order valence-electron chi connectivity index (χ4n) is 4.22. The summed E-state index contributed by atoms with van der Waals surface area (Å²) >= 11 is 0. The molecule has 1 aromatic carbocycles. The minimum absolute atomic E-state index is 0.117. The summed E-state index contributed by atoms with van der Waals surface area (Å²) in [6.45, 7) is 6.36. The normalized spacial score (nSPS) is 16.2. The molecule has 5 rings (SSSR count). The Bertz CT molecular complexity index is 1230. The van der Waals surface area contributed by atoms with Crippen molar-refractivity contribution < 1.29 is 19.4 Å². The van der Waals surface area contributed by atoms with Crippen molar-refractivity contribution in [2.45, 2.75) is 46.4 Å². The van der Waals surface area contributed by atoms with Crippen molar-refractivity contribution in [2.24, 2.45) is 0 Å². The number of hydrogen-bond acceptors (Lipinski definition) is 6. The lowest BCUT2D eigenvalue weighted by atomic mass is 9.97. The molecule has 2 aliphatic rings. The van der Waals surface area contributed by atoms with E-state index in [4.69, 9.17) is 14.5 Å². The van der Waals surface area contributed by atoms with Crippen molar-refractivity contribution in [2.75, 3.05) is 7.11 Å². The number of aryl methyl sites for hydroxylation is 1. The second-order valence-electron chi connectivity index (χ2n) is 7.02. The van der Waals surface area contributed by atoms with E-state index in [1.807, 2.05) is 32.0 Å². The summed E-state index contributed by atoms with van der Waals surface area (Å²) in [5.74, 6) is 0.0220. The molecule has 0 saturated carbocycles. The summed E-state index contributed by atoms with van der Waals surface area (Å²) in [7, 11) is 1.63. The smallest absolute Gasteiger partial charge is 0.340 e. The predicted octanol–water partition coefficient (Wildman–Crippen LogP) is 3.11. The second-order valence-corrected chi connectivity index (χ2v) is 7.02. The van der Waals surface area contributed by atoms with Gasteiger partial charge < -0.3 is 19.1 Å². The van der Waals surface area contributed by atoms with Gasteiger partial charge in [0.2, 0.25) is 0 Å². The molecule has 0 spiro atoms. The van der Waals surface area contributed by atoms with Gasteiger partial charge in [0.15, 0.2) is 6.10 Å². The summed E-state index contributed by atoms with van der Waals surface area (Å²) in [6.07, 6.45) is -0.664. The zero-order valence-corrected chi connectivity index (χ0v) is 17.5. The number of benzene rings is 1. The average Bonchev–Trinajstić information content (AvgIpc) is 3.14. The van der Waals surface area contributed by atoms with Crippen molar-refractivity contribution in [1.82, 2.24) is 9.55 Å². The van der Waals surface area contributed by atoms with Gasteiger partial charge in [-0.1, -0.05) is 20.8 Å². The Morgan fingerprint density at radius 3 is 2.70 bits per heavy atom. The van der Waals surface area contributed by atoms with E-state index in [0.717, 1.165) is 39.9 Å². The number of fused-ring (bicyclic) bond motifs is 5. The topological polar surface area (TPSA) is 90.6 Å². The summed E-state index contributed by atoms with van der Waals surface area (Å²) in [5.41, 5.74) is 4.66. The Labute approximate surface area is 173 Å². The van der Waals surface area contributed by atoms with Crippen LogP contribution in [0.15, 0.2) is 29.1 Å². The van der Waals surface area contributed by atoms with E-state index in [9.17, 15) is 14.7 Å². The Kier molecular flexibility index (Phi) is 5.07. The molecule has 0 bridgehead atoms. The third-order valence-electron chi connectivity index (χ3n) is 5.64. The quantitative estimate of drug-likeness (QED) is 0.513. The van der Waals surface area contributed by atoms with E-state index < -0.39 is 12.1 Å². The minimum Gasteiger partial charge on any atom is -0.497 e. The van der Waals surface area contributed by atoms with Gasteiger partial charge in [-0.3, -0.25) is 4.79 Å². The van der Waals surface area contributed by atoms with E-state index >= 15 is 0 Å². The molecule has 2 aliphatic heterocycles. The van der Waals surface area contributed by atoms with Gasteiger partial charge in [0.05, 0.1) is 36.1 Å². The number of carbonyl (C=O) groups excluding carboxylic acids is 1. The number of hydrogen-bond donors (Lipinski definition) is 1. The third kappa shape index (κ3) is 2.81. The molecule has 4 heterocycles. The predicted molar refractivity (Wildman–Crippen MR) is 113 cm³/mol. The molecule has 2 aromatic heterocycles. The molecule has 0 amide bonds. The van der Waals surface area contributed by atoms with Gasteiger partial charge >= 0.3 is 5.97 Å². The highest BCUT2D eigenvalue weighted by Crippen LogP contribution is 2.38. The fourth-order valence-corrected chi connectivity index (χ4v) is 4.22. The van der Waals surface area contributed by atoms with Gasteiger partial charge in [0, 0.05) is 16.5 Å². The molecule has 1 N–H and O–H groups in total. The average molecular weight is 408 g/mol. The first-order valence-electron chi connectivity index (χ1n) is 10.1. The molecule has 1 unspecified atom stereocenters. The maximum absolute atomic E-state index is 13.0. The van der Waals surface area contributed by atoms with Crippen molar-refractivity contribution in [1.29, 1.82) is 0 Å². The molecule has 0 fully saturated rings. The number of esters is 1. The second kappa shape index (κ2) is 7.57. The van der Waals surface area contributed by atoms with Crippen LogP contribution in [0.1, 0.15) is 49.1 Å². The zero-order chi connectivity index (χ0) is 21.6. The first kappa shape index (κ1) is 20.1. The van der Waals surface area contributed by atoms with Crippen LogP contribution in [0, 0.1) is 0 Å². The Balaban J connectivity index is 0.00000106. The lowest BCUT2D eigenvalue weighted by molar-refractivity contribution is -0.157. The van der Waals surface area contributed by atoms with Gasteiger partial charge in [-0.05, 0) is 36.2 Å². The SMILES string of the molecule is CC.CCc1c2c(nc3ccc(OC)cc13)-c1cc3c(c(=O)n1C2)COC(=O)C3O. The van der Waals surface area contributed by atoms with Crippen LogP contribution in [-0.2, 0) is 29.1 Å². The van der Waals surface area contributed by atoms with Crippen molar-refractivity contribution in [3.63, 3.8) is 0 Å². The fraction of sp³-hybridized carbons (Fsp3) is 0.348. The number of nitrogens with zero attached hydrogens (tertiary/aromatic N) is 2. The Hall–Kier alpha value is -3.19. The van der Waals surface area contributed by atoms with Crippen LogP contribution in [0.3, 0.4) is 0 Å². The van der Waals surface area contributed by atoms with Crippen LogP contribution in [-0.4, -0.2) is 27.7 Å². The van der Waals surface area contributed by atoms with Crippen LogP contribution in [0.5, 0.6) is 5.75 Å². The number of rotatable bonds is 2. The molecule has 3 aromatic rings. The van der Waals surface area contributed by atoms with Gasteiger partial charge in [-0.15, -0.1) is 0 Å². The van der Waals surface area contributed by atoms with Crippen LogP contribution in [0.2, 0.25) is 0 Å². The number of methoxy groups -OCH3 is 1. The first-order valence-corrected chi connectivity index (χ1v) is 10.1. The van der Waals surface area contributed by atoms with Gasteiger partial charge in [0.1, 0.15) is 12.4 Å². The van der Waals surface area contributed by atoms with Crippen LogP contribution >= 0.6 is 0 Å². The summed E-state index contributed by atoms with van der Waals surface area (Å²) in [6, 6.07) is 7.43. The summed E-state index contributed by atoms with van der Waals surface area (Å²) < 4.78 is 11.9.